The Balaban J connectivity index is 1.30. The molecule has 3 fully saturated rings. The molecule has 3 saturated heterocycles. The molecule has 2 bridgehead atoms. The van der Waals surface area contributed by atoms with Crippen molar-refractivity contribution in [2.45, 2.75) is 36.6 Å². The largest absolute Gasteiger partial charge is 0.298 e. The molecule has 3 aliphatic rings. The molecule has 4 atom stereocenters. The molecule has 3 aromatic rings. The Bertz CT molecular complexity index is 1150. The summed E-state index contributed by atoms with van der Waals surface area (Å²) in [5, 5.41) is 2.07. The second-order valence-corrected chi connectivity index (χ2v) is 11.1. The quantitative estimate of drug-likeness (QED) is 0.615. The van der Waals surface area contributed by atoms with Crippen LogP contribution in [0.3, 0.4) is 0 Å². The van der Waals surface area contributed by atoms with Gasteiger partial charge in [-0.15, -0.1) is 11.3 Å². The minimum atomic E-state index is -3.47. The minimum Gasteiger partial charge on any atom is -0.298 e. The topological polar surface area (TPSA) is 75.2 Å². The van der Waals surface area contributed by atoms with Crippen LogP contribution in [-0.2, 0) is 10.0 Å². The highest BCUT2D eigenvalue weighted by Gasteiger charge is 2.41. The van der Waals surface area contributed by atoms with Crippen molar-refractivity contribution in [3.8, 4) is 10.6 Å². The maximum Gasteiger partial charge on any atom is 0.240 e. The van der Waals surface area contributed by atoms with Crippen molar-refractivity contribution >= 4 is 21.4 Å². The fourth-order valence-corrected chi connectivity index (χ4v) is 6.69. The number of nitrogens with one attached hydrogen (secondary N) is 1. The molecule has 3 aliphatic heterocycles. The van der Waals surface area contributed by atoms with E-state index >= 15 is 0 Å². The number of rotatable bonds is 6. The standard InChI is InChI=1S/C23H26N4O2S2/c1-16-25-21(13-22(26-16)23-8-5-11-30-23)20-15-27-10-9-17(20)12-18(27)14-24-31(28,29)19-6-3-2-4-7-19/h2-8,11,13,17-18,20,24H,9-10,12,14-15H2,1H3. The van der Waals surface area contributed by atoms with Gasteiger partial charge in [-0.1, -0.05) is 24.3 Å². The average molecular weight is 455 g/mol. The number of aryl methyl sites for hydroxylation is 1. The van der Waals surface area contributed by atoms with Gasteiger partial charge in [0.25, 0.3) is 0 Å². The minimum absolute atomic E-state index is 0.230. The normalized spacial score (nSPS) is 25.6. The van der Waals surface area contributed by atoms with Crippen LogP contribution in [0.5, 0.6) is 0 Å². The van der Waals surface area contributed by atoms with Gasteiger partial charge in [0.1, 0.15) is 5.82 Å². The first-order valence-electron chi connectivity index (χ1n) is 10.7. The Hall–Kier alpha value is -2.13. The lowest BCUT2D eigenvalue weighted by molar-refractivity contribution is 0.0317. The molecule has 2 aromatic heterocycles. The molecule has 162 valence electrons. The number of benzene rings is 1. The fourth-order valence-electron chi connectivity index (χ4n) is 4.91. The van der Waals surface area contributed by atoms with E-state index in [1.807, 2.05) is 19.1 Å². The van der Waals surface area contributed by atoms with Gasteiger partial charge >= 0.3 is 0 Å². The zero-order valence-corrected chi connectivity index (χ0v) is 19.1. The first kappa shape index (κ1) is 20.8. The summed E-state index contributed by atoms with van der Waals surface area (Å²) in [4.78, 5) is 13.4. The van der Waals surface area contributed by atoms with Gasteiger partial charge in [0.05, 0.1) is 15.5 Å². The van der Waals surface area contributed by atoms with Crippen molar-refractivity contribution in [3.63, 3.8) is 0 Å². The second-order valence-electron chi connectivity index (χ2n) is 8.41. The Kier molecular flexibility index (Phi) is 5.64. The van der Waals surface area contributed by atoms with Crippen LogP contribution in [0, 0.1) is 12.8 Å². The highest BCUT2D eigenvalue weighted by Crippen LogP contribution is 2.42. The number of sulfonamides is 1. The maximum absolute atomic E-state index is 12.6. The number of hydrogen-bond acceptors (Lipinski definition) is 6. The van der Waals surface area contributed by atoms with Gasteiger partial charge in [-0.05, 0) is 61.9 Å². The molecule has 0 spiro atoms. The van der Waals surface area contributed by atoms with Gasteiger partial charge in [-0.25, -0.2) is 23.1 Å². The number of aromatic nitrogens is 2. The maximum atomic E-state index is 12.6. The molecule has 1 aromatic carbocycles. The Morgan fingerprint density at radius 3 is 2.71 bits per heavy atom. The fraction of sp³-hybridized carbons (Fsp3) is 0.391. The summed E-state index contributed by atoms with van der Waals surface area (Å²) >= 11 is 1.70. The molecule has 6 rings (SSSR count). The van der Waals surface area contributed by atoms with Crippen molar-refractivity contribution in [2.24, 2.45) is 5.92 Å². The molecule has 5 heterocycles. The lowest BCUT2D eigenvalue weighted by atomic mass is 9.74. The summed E-state index contributed by atoms with van der Waals surface area (Å²) in [5.41, 5.74) is 2.12. The molecule has 31 heavy (non-hydrogen) atoms. The average Bonchev–Trinajstić information content (AvgIpc) is 3.33. The number of fused-ring (bicyclic) bond motifs is 3. The van der Waals surface area contributed by atoms with E-state index in [1.165, 1.54) is 4.88 Å². The summed E-state index contributed by atoms with van der Waals surface area (Å²) in [6.45, 7) is 4.34. The molecule has 0 saturated carbocycles. The summed E-state index contributed by atoms with van der Waals surface area (Å²) in [6, 6.07) is 15.1. The van der Waals surface area contributed by atoms with Crippen LogP contribution in [0.15, 0.2) is 58.8 Å². The predicted octanol–water partition coefficient (Wildman–Crippen LogP) is 3.67. The van der Waals surface area contributed by atoms with Gasteiger partial charge in [-0.3, -0.25) is 4.90 Å². The zero-order valence-electron chi connectivity index (χ0n) is 17.4. The number of thiophene rings is 1. The van der Waals surface area contributed by atoms with E-state index in [0.29, 0.717) is 23.3 Å². The lowest BCUT2D eigenvalue weighted by Gasteiger charge is -2.49. The molecule has 1 N–H and O–H groups in total. The summed E-state index contributed by atoms with van der Waals surface area (Å²) in [7, 11) is -3.47. The van der Waals surface area contributed by atoms with Gasteiger partial charge in [0.2, 0.25) is 10.0 Å². The third-order valence-corrected chi connectivity index (χ3v) is 8.78. The third kappa shape index (κ3) is 4.30. The monoisotopic (exact) mass is 454 g/mol. The van der Waals surface area contributed by atoms with Crippen molar-refractivity contribution in [3.05, 3.63) is 65.4 Å². The van der Waals surface area contributed by atoms with Crippen LogP contribution in [0.2, 0.25) is 0 Å². The highest BCUT2D eigenvalue weighted by molar-refractivity contribution is 7.89. The molecular formula is C23H26N4O2S2. The predicted molar refractivity (Wildman–Crippen MR) is 123 cm³/mol. The van der Waals surface area contributed by atoms with E-state index in [-0.39, 0.29) is 6.04 Å². The third-order valence-electron chi connectivity index (χ3n) is 6.45. The van der Waals surface area contributed by atoms with E-state index in [1.54, 1.807) is 35.6 Å². The van der Waals surface area contributed by atoms with Gasteiger partial charge in [0.15, 0.2) is 0 Å². The van der Waals surface area contributed by atoms with Gasteiger partial charge < -0.3 is 0 Å². The molecule has 6 nitrogen and oxygen atoms in total. The number of nitrogens with zero attached hydrogens (tertiary/aromatic N) is 3. The van der Waals surface area contributed by atoms with Gasteiger partial charge in [0, 0.05) is 30.7 Å². The Morgan fingerprint density at radius 2 is 2.00 bits per heavy atom. The first-order valence-corrected chi connectivity index (χ1v) is 13.0. The van der Waals surface area contributed by atoms with E-state index in [2.05, 4.69) is 32.1 Å². The van der Waals surface area contributed by atoms with Crippen LogP contribution >= 0.6 is 11.3 Å². The molecule has 8 heteroatoms. The molecular weight excluding hydrogens is 428 g/mol. The van der Waals surface area contributed by atoms with Crippen LogP contribution in [0.1, 0.15) is 30.3 Å². The zero-order chi connectivity index (χ0) is 21.4. The van der Waals surface area contributed by atoms with E-state index in [0.717, 1.165) is 43.1 Å². The number of hydrogen-bond donors (Lipinski definition) is 1. The molecule has 4 unspecified atom stereocenters. The lowest BCUT2D eigenvalue weighted by Crippen LogP contribution is -2.56. The smallest absolute Gasteiger partial charge is 0.240 e. The molecule has 0 amide bonds. The van der Waals surface area contributed by atoms with Crippen molar-refractivity contribution in [2.75, 3.05) is 19.6 Å². The second kappa shape index (κ2) is 8.43. The number of piperidine rings is 3. The summed E-state index contributed by atoms with van der Waals surface area (Å²) in [6.07, 6.45) is 2.11. The summed E-state index contributed by atoms with van der Waals surface area (Å²) in [5.74, 6) is 1.70. The SMILES string of the molecule is Cc1nc(-c2cccs2)cc(C2CN3CCC2CC3CNS(=O)(=O)c2ccccc2)n1. The Labute approximate surface area is 187 Å². The van der Waals surface area contributed by atoms with Crippen molar-refractivity contribution in [1.82, 2.24) is 19.6 Å². The van der Waals surface area contributed by atoms with Crippen LogP contribution in [0.4, 0.5) is 0 Å². The van der Waals surface area contributed by atoms with E-state index in [4.69, 9.17) is 4.98 Å². The summed E-state index contributed by atoms with van der Waals surface area (Å²) < 4.78 is 28.0. The van der Waals surface area contributed by atoms with Crippen molar-refractivity contribution in [1.29, 1.82) is 0 Å². The van der Waals surface area contributed by atoms with Gasteiger partial charge in [-0.2, -0.15) is 0 Å². The van der Waals surface area contributed by atoms with E-state index in [9.17, 15) is 8.42 Å². The van der Waals surface area contributed by atoms with Crippen LogP contribution in [0.25, 0.3) is 10.6 Å². The van der Waals surface area contributed by atoms with E-state index < -0.39 is 10.0 Å². The Morgan fingerprint density at radius 1 is 1.16 bits per heavy atom. The van der Waals surface area contributed by atoms with Crippen LogP contribution < -0.4 is 4.72 Å². The molecule has 0 radical (unpaired) electrons. The first-order chi connectivity index (χ1) is 15.0. The van der Waals surface area contributed by atoms with Crippen LogP contribution in [-0.4, -0.2) is 49.0 Å². The highest BCUT2D eigenvalue weighted by atomic mass is 32.2. The molecule has 0 aliphatic carbocycles. The van der Waals surface area contributed by atoms with Crippen molar-refractivity contribution < 1.29 is 8.42 Å².